The molecular formula is C63H133N11. The molecule has 2 aromatic heterocycles. The van der Waals surface area contributed by atoms with Gasteiger partial charge in [0.15, 0.2) is 5.82 Å². The highest BCUT2D eigenvalue weighted by Gasteiger charge is 2.27. The highest BCUT2D eigenvalue weighted by Crippen LogP contribution is 2.23. The lowest BCUT2D eigenvalue weighted by Crippen LogP contribution is -2.53. The lowest BCUT2D eigenvalue weighted by atomic mass is 9.96. The molecule has 4 aliphatic heterocycles. The highest BCUT2D eigenvalue weighted by molar-refractivity contribution is 5.47. The van der Waals surface area contributed by atoms with Crippen molar-refractivity contribution in [2.24, 2.45) is 11.8 Å². The second kappa shape index (κ2) is 67.7. The summed E-state index contributed by atoms with van der Waals surface area (Å²) in [6.07, 6.45) is 10.1. The first-order chi connectivity index (χ1) is 36.2. The number of para-hydroxylation sites is 1. The molecule has 74 heavy (non-hydrogen) atoms. The van der Waals surface area contributed by atoms with Crippen molar-refractivity contribution >= 4 is 17.3 Å². The van der Waals surface area contributed by atoms with E-state index in [1.54, 1.807) is 18.5 Å². The van der Waals surface area contributed by atoms with Gasteiger partial charge in [-0.05, 0) is 148 Å². The van der Waals surface area contributed by atoms with Crippen LogP contribution in [0.1, 0.15) is 184 Å². The summed E-state index contributed by atoms with van der Waals surface area (Å²) in [6, 6.07) is 20.9. The number of piperidine rings is 2. The summed E-state index contributed by atoms with van der Waals surface area (Å²) in [4.78, 5) is 21.1. The van der Waals surface area contributed by atoms with E-state index in [0.717, 1.165) is 50.4 Å². The fourth-order valence-corrected chi connectivity index (χ4v) is 7.87. The van der Waals surface area contributed by atoms with Crippen LogP contribution in [0.4, 0.5) is 17.3 Å². The second-order valence-electron chi connectivity index (χ2n) is 16.1. The number of piperazine rings is 2. The number of nitrogen functional groups attached to an aromatic ring is 1. The number of likely N-dealkylation sites (tertiary alicyclic amines) is 2. The summed E-state index contributed by atoms with van der Waals surface area (Å²) in [5, 5.41) is 8.17. The highest BCUT2D eigenvalue weighted by atomic mass is 15.3. The predicted molar refractivity (Wildman–Crippen MR) is 342 cm³/mol. The van der Waals surface area contributed by atoms with Gasteiger partial charge in [0, 0.05) is 83.0 Å². The molecule has 2 N–H and O–H groups in total. The van der Waals surface area contributed by atoms with E-state index < -0.39 is 0 Å². The van der Waals surface area contributed by atoms with Gasteiger partial charge in [-0.1, -0.05) is 170 Å². The first-order valence-electron chi connectivity index (χ1n) is 30.7. The third-order valence-electron chi connectivity index (χ3n) is 11.1. The number of benzene rings is 1. The van der Waals surface area contributed by atoms with Crippen molar-refractivity contribution in [1.29, 1.82) is 0 Å². The Morgan fingerprint density at radius 1 is 0.514 bits per heavy atom. The molecule has 1 unspecified atom stereocenters. The van der Waals surface area contributed by atoms with E-state index in [1.165, 1.54) is 96.7 Å². The molecule has 6 heterocycles. The van der Waals surface area contributed by atoms with Crippen molar-refractivity contribution in [3.63, 3.8) is 0 Å². The molecule has 7 rings (SSSR count). The maximum Gasteiger partial charge on any atom is 0.151 e. The van der Waals surface area contributed by atoms with Crippen molar-refractivity contribution < 1.29 is 0 Å². The molecule has 0 amide bonds. The van der Waals surface area contributed by atoms with Gasteiger partial charge in [-0.15, -0.1) is 5.10 Å². The lowest BCUT2D eigenvalue weighted by molar-refractivity contribution is 0.146. The van der Waals surface area contributed by atoms with Gasteiger partial charge in [-0.25, -0.2) is 4.98 Å². The normalized spacial score (nSPS) is 16.1. The first kappa shape index (κ1) is 84.6. The second-order valence-corrected chi connectivity index (χ2v) is 16.1. The Morgan fingerprint density at radius 3 is 1.28 bits per heavy atom. The summed E-state index contributed by atoms with van der Waals surface area (Å²) in [5.41, 5.74) is 6.63. The van der Waals surface area contributed by atoms with Crippen LogP contribution in [0.2, 0.25) is 0 Å². The average Bonchev–Trinajstić information content (AvgIpc) is 3.49. The van der Waals surface area contributed by atoms with Crippen LogP contribution >= 0.6 is 0 Å². The van der Waals surface area contributed by atoms with Crippen molar-refractivity contribution in [2.45, 2.75) is 190 Å². The van der Waals surface area contributed by atoms with Crippen LogP contribution in [0.5, 0.6) is 0 Å². The summed E-state index contributed by atoms with van der Waals surface area (Å²) in [7, 11) is 8.65. The molecule has 11 nitrogen and oxygen atoms in total. The van der Waals surface area contributed by atoms with Gasteiger partial charge < -0.3 is 30.2 Å². The van der Waals surface area contributed by atoms with Gasteiger partial charge in [0.25, 0.3) is 0 Å². The SMILES string of the molecule is CC.CC.CC.CC.CC.CC.CC.CC.CC.CC.CC1CN(CC2CCN(C)CC2)CCN1c1ccccc1.CCCN(C)C.CN1CCC(CN2CCN(c3cccnn3)CC2)CC1.Nc1ccccn1. The van der Waals surface area contributed by atoms with Gasteiger partial charge in [-0.2, -0.15) is 5.10 Å². The Bertz CT molecular complexity index is 1350. The number of pyridine rings is 1. The van der Waals surface area contributed by atoms with E-state index in [2.05, 4.69) is 128 Å². The van der Waals surface area contributed by atoms with E-state index in [0.29, 0.717) is 11.9 Å². The Balaban J connectivity index is -0.000000155. The molecule has 0 saturated carbocycles. The molecular weight excluding hydrogens is 911 g/mol. The van der Waals surface area contributed by atoms with Gasteiger partial charge in [-0.3, -0.25) is 9.80 Å². The topological polar surface area (TPSA) is 87.4 Å². The molecule has 11 heteroatoms. The van der Waals surface area contributed by atoms with Gasteiger partial charge in [0.1, 0.15) is 5.82 Å². The molecule has 0 spiro atoms. The fourth-order valence-electron chi connectivity index (χ4n) is 7.87. The molecule has 0 radical (unpaired) electrons. The third kappa shape index (κ3) is 46.0. The zero-order chi connectivity index (χ0) is 58.5. The van der Waals surface area contributed by atoms with E-state index in [-0.39, 0.29) is 0 Å². The molecule has 1 atom stereocenters. The summed E-state index contributed by atoms with van der Waals surface area (Å²) >= 11 is 0. The summed E-state index contributed by atoms with van der Waals surface area (Å²) in [5.74, 6) is 3.40. The van der Waals surface area contributed by atoms with Crippen LogP contribution in [0.3, 0.4) is 0 Å². The van der Waals surface area contributed by atoms with E-state index in [1.807, 2.05) is 157 Å². The lowest BCUT2D eigenvalue weighted by Gasteiger charge is -2.43. The molecule has 0 bridgehead atoms. The molecule has 4 aliphatic rings. The fraction of sp³-hybridized carbons (Fsp3) is 0.762. The first-order valence-corrected chi connectivity index (χ1v) is 30.7. The summed E-state index contributed by atoms with van der Waals surface area (Å²) < 4.78 is 0. The number of nitrogens with two attached hydrogens (primary N) is 1. The number of hydrogen-bond acceptors (Lipinski definition) is 11. The number of rotatable bonds is 8. The Kier molecular flexibility index (Phi) is 77.4. The van der Waals surface area contributed by atoms with Gasteiger partial charge >= 0.3 is 0 Å². The number of nitrogens with zero attached hydrogens (tertiary/aromatic N) is 10. The maximum absolute atomic E-state index is 5.25. The van der Waals surface area contributed by atoms with Crippen LogP contribution in [-0.4, -0.2) is 166 Å². The molecule has 0 aliphatic carbocycles. The Labute approximate surface area is 465 Å². The van der Waals surface area contributed by atoms with E-state index in [4.69, 9.17) is 5.73 Å². The van der Waals surface area contributed by atoms with Crippen LogP contribution in [0.25, 0.3) is 0 Å². The zero-order valence-electron chi connectivity index (χ0n) is 54.6. The summed E-state index contributed by atoms with van der Waals surface area (Å²) in [6.45, 7) is 61.5. The monoisotopic (exact) mass is 1040 g/mol. The predicted octanol–water partition coefficient (Wildman–Crippen LogP) is 15.4. The largest absolute Gasteiger partial charge is 0.384 e. The molecule has 3 aromatic rings. The van der Waals surface area contributed by atoms with E-state index in [9.17, 15) is 0 Å². The standard InChI is InChI=1S/C18H29N3.C15H25N5.C5H6N2.C5H13N.10C2H6/c1-16-14-20(15-17-8-10-19(2)11-9-17)12-13-21(16)18-6-4-3-5-7-18;1-18-7-4-14(5-8-18)13-19-9-11-20(12-10-19)15-3-2-6-16-17-15;6-5-3-1-2-4-7-5;1-4-5-6(2)3;10*1-2/h3-7,16-17H,8-15H2,1-2H3;2-3,6,14H,4-5,7-13H2,1H3;1-4H,(H2,6,7);4-5H2,1-3H3;10*1-2H3. The molecule has 440 valence electrons. The van der Waals surface area contributed by atoms with Crippen LogP contribution in [-0.2, 0) is 0 Å². The third-order valence-corrected chi connectivity index (χ3v) is 11.1. The molecule has 4 fully saturated rings. The minimum Gasteiger partial charge on any atom is -0.384 e. The van der Waals surface area contributed by atoms with Crippen molar-refractivity contribution in [3.05, 3.63) is 73.1 Å². The number of hydrogen-bond donors (Lipinski definition) is 1. The minimum absolute atomic E-state index is 0.572. The van der Waals surface area contributed by atoms with Crippen LogP contribution in [0, 0.1) is 11.8 Å². The van der Waals surface area contributed by atoms with Crippen LogP contribution < -0.4 is 15.5 Å². The number of aromatic nitrogens is 3. The Hall–Kier alpha value is -3.35. The smallest absolute Gasteiger partial charge is 0.151 e. The quantitative estimate of drug-likeness (QED) is 0.234. The van der Waals surface area contributed by atoms with E-state index >= 15 is 0 Å². The zero-order valence-corrected chi connectivity index (χ0v) is 54.6. The van der Waals surface area contributed by atoms with Crippen molar-refractivity contribution in [3.8, 4) is 0 Å². The minimum atomic E-state index is 0.572. The van der Waals surface area contributed by atoms with Crippen LogP contribution in [0.15, 0.2) is 73.1 Å². The molecule has 1 aromatic carbocycles. The van der Waals surface area contributed by atoms with Gasteiger partial charge in [0.2, 0.25) is 0 Å². The maximum atomic E-state index is 5.25. The van der Waals surface area contributed by atoms with Crippen molar-refractivity contribution in [1.82, 2.24) is 39.7 Å². The van der Waals surface area contributed by atoms with Gasteiger partial charge in [0.05, 0.1) is 0 Å². The Morgan fingerprint density at radius 2 is 0.946 bits per heavy atom. The average molecular weight is 1040 g/mol. The molecule has 4 saturated heterocycles. The number of anilines is 3. The van der Waals surface area contributed by atoms with Crippen molar-refractivity contribution in [2.75, 3.05) is 135 Å².